The molecule has 2 aromatic rings. The van der Waals surface area contributed by atoms with Gasteiger partial charge in [0.05, 0.1) is 12.1 Å². The van der Waals surface area contributed by atoms with E-state index in [1.807, 2.05) is 18.2 Å². The molecule has 3 rings (SSSR count). The first-order valence-electron chi connectivity index (χ1n) is 8.28. The third-order valence-corrected chi connectivity index (χ3v) is 4.55. The quantitative estimate of drug-likeness (QED) is 0.835. The van der Waals surface area contributed by atoms with E-state index >= 15 is 0 Å². The SMILES string of the molecule is Cn1cc([C@@H]2CN(C(=O)CCc3ccccn3)C[C@@H]2CC(=O)O)nn1. The third-order valence-electron chi connectivity index (χ3n) is 4.55. The van der Waals surface area contributed by atoms with E-state index in [0.29, 0.717) is 25.9 Å². The Hall–Kier alpha value is -2.77. The first-order chi connectivity index (χ1) is 12.0. The predicted molar refractivity (Wildman–Crippen MR) is 88.6 cm³/mol. The number of carboxylic acids is 1. The predicted octanol–water partition coefficient (Wildman–Crippen LogP) is 0.860. The Labute approximate surface area is 145 Å². The molecule has 0 saturated carbocycles. The molecule has 3 heterocycles. The van der Waals surface area contributed by atoms with Crippen molar-refractivity contribution in [3.05, 3.63) is 42.0 Å². The molecule has 0 spiro atoms. The molecule has 1 N–H and O–H groups in total. The molecule has 8 heteroatoms. The Bertz CT molecular complexity index is 746. The van der Waals surface area contributed by atoms with Crippen molar-refractivity contribution in [2.24, 2.45) is 13.0 Å². The maximum atomic E-state index is 12.5. The van der Waals surface area contributed by atoms with Gasteiger partial charge in [0, 0.05) is 50.6 Å². The fourth-order valence-electron chi connectivity index (χ4n) is 3.32. The van der Waals surface area contributed by atoms with Crippen molar-refractivity contribution >= 4 is 11.9 Å². The topological polar surface area (TPSA) is 101 Å². The van der Waals surface area contributed by atoms with E-state index in [2.05, 4.69) is 15.3 Å². The van der Waals surface area contributed by atoms with Crippen molar-refractivity contribution in [3.63, 3.8) is 0 Å². The van der Waals surface area contributed by atoms with Crippen LogP contribution in [-0.4, -0.2) is 55.0 Å². The highest BCUT2D eigenvalue weighted by Crippen LogP contribution is 2.34. The lowest BCUT2D eigenvalue weighted by Gasteiger charge is -2.16. The Morgan fingerprint density at radius 3 is 2.80 bits per heavy atom. The third kappa shape index (κ3) is 4.20. The van der Waals surface area contributed by atoms with E-state index in [-0.39, 0.29) is 24.2 Å². The fourth-order valence-corrected chi connectivity index (χ4v) is 3.32. The monoisotopic (exact) mass is 343 g/mol. The van der Waals surface area contributed by atoms with Crippen LogP contribution in [0.4, 0.5) is 0 Å². The molecule has 1 amide bonds. The standard InChI is InChI=1S/C17H21N5O3/c1-21-11-15(19-20-21)14-10-22(9-12(14)8-17(24)25)16(23)6-5-13-4-2-3-7-18-13/h2-4,7,11-12,14H,5-6,8-10H2,1H3,(H,24,25)/t12-,14+/m0/s1. The van der Waals surface area contributed by atoms with Gasteiger partial charge in [-0.25, -0.2) is 0 Å². The van der Waals surface area contributed by atoms with Crippen molar-refractivity contribution in [3.8, 4) is 0 Å². The van der Waals surface area contributed by atoms with Gasteiger partial charge in [-0.1, -0.05) is 11.3 Å². The molecule has 8 nitrogen and oxygen atoms in total. The van der Waals surface area contributed by atoms with E-state index < -0.39 is 5.97 Å². The summed E-state index contributed by atoms with van der Waals surface area (Å²) in [7, 11) is 1.77. The van der Waals surface area contributed by atoms with E-state index in [0.717, 1.165) is 11.4 Å². The van der Waals surface area contributed by atoms with E-state index in [9.17, 15) is 9.59 Å². The molecular formula is C17H21N5O3. The number of likely N-dealkylation sites (tertiary alicyclic amines) is 1. The number of carbonyl (C=O) groups is 2. The minimum absolute atomic E-state index is 0.0191. The molecule has 0 aromatic carbocycles. The van der Waals surface area contributed by atoms with Crippen molar-refractivity contribution in [2.45, 2.75) is 25.2 Å². The van der Waals surface area contributed by atoms with Crippen LogP contribution in [0.25, 0.3) is 0 Å². The second kappa shape index (κ2) is 7.42. The summed E-state index contributed by atoms with van der Waals surface area (Å²) in [6.45, 7) is 0.923. The number of hydrogen-bond donors (Lipinski definition) is 1. The number of aliphatic carboxylic acids is 1. The first-order valence-corrected chi connectivity index (χ1v) is 8.28. The van der Waals surface area contributed by atoms with Gasteiger partial charge in [0.25, 0.3) is 0 Å². The largest absolute Gasteiger partial charge is 0.481 e. The molecule has 25 heavy (non-hydrogen) atoms. The second-order valence-electron chi connectivity index (χ2n) is 6.40. The Morgan fingerprint density at radius 1 is 1.32 bits per heavy atom. The van der Waals surface area contributed by atoms with Crippen LogP contribution in [0.5, 0.6) is 0 Å². The van der Waals surface area contributed by atoms with Gasteiger partial charge in [0.1, 0.15) is 0 Å². The summed E-state index contributed by atoms with van der Waals surface area (Å²) in [6, 6.07) is 5.64. The zero-order chi connectivity index (χ0) is 17.8. The van der Waals surface area contributed by atoms with Crippen LogP contribution in [0.1, 0.15) is 30.1 Å². The van der Waals surface area contributed by atoms with Gasteiger partial charge in [-0.3, -0.25) is 19.3 Å². The average molecular weight is 343 g/mol. The van der Waals surface area contributed by atoms with Crippen LogP contribution >= 0.6 is 0 Å². The van der Waals surface area contributed by atoms with Crippen molar-refractivity contribution in [1.82, 2.24) is 24.9 Å². The maximum absolute atomic E-state index is 12.5. The maximum Gasteiger partial charge on any atom is 0.303 e. The van der Waals surface area contributed by atoms with Crippen LogP contribution in [0.3, 0.4) is 0 Å². The van der Waals surface area contributed by atoms with E-state index in [1.54, 1.807) is 29.0 Å². The number of amides is 1. The molecule has 2 atom stereocenters. The fraction of sp³-hybridized carbons (Fsp3) is 0.471. The molecule has 0 unspecified atom stereocenters. The highest BCUT2D eigenvalue weighted by atomic mass is 16.4. The number of rotatable bonds is 6. The van der Waals surface area contributed by atoms with Gasteiger partial charge in [0.2, 0.25) is 5.91 Å². The van der Waals surface area contributed by atoms with Gasteiger partial charge in [-0.05, 0) is 24.5 Å². The van der Waals surface area contributed by atoms with Crippen LogP contribution in [0.2, 0.25) is 0 Å². The molecule has 1 aliphatic heterocycles. The first kappa shape index (κ1) is 17.1. The zero-order valence-corrected chi connectivity index (χ0v) is 14.1. The molecule has 0 aliphatic carbocycles. The Morgan fingerprint density at radius 2 is 2.16 bits per heavy atom. The lowest BCUT2D eigenvalue weighted by atomic mass is 9.91. The smallest absolute Gasteiger partial charge is 0.303 e. The number of nitrogens with zero attached hydrogens (tertiary/aromatic N) is 5. The minimum atomic E-state index is -0.860. The minimum Gasteiger partial charge on any atom is -0.481 e. The molecular weight excluding hydrogens is 322 g/mol. The summed E-state index contributed by atoms with van der Waals surface area (Å²) in [5.74, 6) is -1.08. The number of aromatic nitrogens is 4. The molecule has 1 aliphatic rings. The van der Waals surface area contributed by atoms with Crippen molar-refractivity contribution in [2.75, 3.05) is 13.1 Å². The van der Waals surface area contributed by atoms with Crippen LogP contribution < -0.4 is 0 Å². The highest BCUT2D eigenvalue weighted by molar-refractivity contribution is 5.77. The number of carbonyl (C=O) groups excluding carboxylic acids is 1. The highest BCUT2D eigenvalue weighted by Gasteiger charge is 2.38. The summed E-state index contributed by atoms with van der Waals surface area (Å²) < 4.78 is 1.60. The molecule has 1 fully saturated rings. The average Bonchev–Trinajstić information content (AvgIpc) is 3.19. The van der Waals surface area contributed by atoms with Gasteiger partial charge < -0.3 is 10.0 Å². The normalized spacial score (nSPS) is 20.0. The van der Waals surface area contributed by atoms with Crippen LogP contribution in [-0.2, 0) is 23.1 Å². The van der Waals surface area contributed by atoms with Gasteiger partial charge in [-0.15, -0.1) is 5.10 Å². The van der Waals surface area contributed by atoms with Crippen LogP contribution in [0.15, 0.2) is 30.6 Å². The Kier molecular flexibility index (Phi) is 5.06. The van der Waals surface area contributed by atoms with Gasteiger partial charge in [0.15, 0.2) is 0 Å². The molecule has 132 valence electrons. The van der Waals surface area contributed by atoms with E-state index in [1.165, 1.54) is 0 Å². The van der Waals surface area contributed by atoms with Gasteiger partial charge >= 0.3 is 5.97 Å². The summed E-state index contributed by atoms with van der Waals surface area (Å²) in [6.07, 6.45) is 4.47. The summed E-state index contributed by atoms with van der Waals surface area (Å²) in [5.41, 5.74) is 1.62. The van der Waals surface area contributed by atoms with Crippen LogP contribution in [0, 0.1) is 5.92 Å². The lowest BCUT2D eigenvalue weighted by Crippen LogP contribution is -2.29. The van der Waals surface area contributed by atoms with E-state index in [4.69, 9.17) is 5.11 Å². The lowest BCUT2D eigenvalue weighted by molar-refractivity contribution is -0.138. The number of pyridine rings is 1. The number of hydrogen-bond acceptors (Lipinski definition) is 5. The Balaban J connectivity index is 1.66. The number of aryl methyl sites for hydroxylation is 2. The number of carboxylic acid groups (broad SMARTS) is 1. The molecule has 0 radical (unpaired) electrons. The van der Waals surface area contributed by atoms with Crippen molar-refractivity contribution < 1.29 is 14.7 Å². The molecule has 2 aromatic heterocycles. The van der Waals surface area contributed by atoms with Gasteiger partial charge in [-0.2, -0.15) is 0 Å². The summed E-state index contributed by atoms with van der Waals surface area (Å²) in [4.78, 5) is 29.7. The second-order valence-corrected chi connectivity index (χ2v) is 6.40. The van der Waals surface area contributed by atoms with Crippen molar-refractivity contribution in [1.29, 1.82) is 0 Å². The summed E-state index contributed by atoms with van der Waals surface area (Å²) >= 11 is 0. The molecule has 1 saturated heterocycles. The zero-order valence-electron chi connectivity index (χ0n) is 14.1. The summed E-state index contributed by atoms with van der Waals surface area (Å²) in [5, 5.41) is 17.2. The molecule has 0 bridgehead atoms.